The number of rotatable bonds is 3. The second-order valence-corrected chi connectivity index (χ2v) is 2.86. The van der Waals surface area contributed by atoms with E-state index in [2.05, 4.69) is 4.98 Å². The lowest BCUT2D eigenvalue weighted by Crippen LogP contribution is -2.09. The zero-order valence-electron chi connectivity index (χ0n) is 7.18. The van der Waals surface area contributed by atoms with Crippen molar-refractivity contribution in [1.82, 2.24) is 4.98 Å². The normalized spacial score (nSPS) is 10.7. The van der Waals surface area contributed by atoms with Gasteiger partial charge in [0.2, 0.25) is 0 Å². The lowest BCUT2D eigenvalue weighted by atomic mass is 10.1. The van der Waals surface area contributed by atoms with Gasteiger partial charge >= 0.3 is 5.97 Å². The van der Waals surface area contributed by atoms with E-state index in [1.54, 1.807) is 0 Å². The summed E-state index contributed by atoms with van der Waals surface area (Å²) in [5, 5.41) is 8.58. The summed E-state index contributed by atoms with van der Waals surface area (Å²) in [7, 11) is 0. The Bertz CT molecular complexity index is 398. The predicted molar refractivity (Wildman–Crippen MR) is 45.7 cm³/mol. The minimum Gasteiger partial charge on any atom is -0.478 e. The van der Waals surface area contributed by atoms with Gasteiger partial charge in [0.05, 0.1) is 11.6 Å². The van der Waals surface area contributed by atoms with Crippen molar-refractivity contribution in [3.05, 3.63) is 28.8 Å². The molecule has 82 valence electrons. The molecule has 0 atom stereocenters. The molecule has 0 amide bonds. The van der Waals surface area contributed by atoms with Crippen LogP contribution in [0.25, 0.3) is 0 Å². The highest BCUT2D eigenvalue weighted by Gasteiger charge is 2.21. The molecule has 0 aliphatic rings. The summed E-state index contributed by atoms with van der Waals surface area (Å²) in [6.45, 7) is 0. The molecule has 0 unspecified atom stereocenters. The SMILES string of the molecule is O=C(O)c1c(F)cc(C(F)F)nc1CCl. The molecule has 1 aromatic heterocycles. The molecular formula is C8H5ClF3NO2. The van der Waals surface area contributed by atoms with E-state index in [-0.39, 0.29) is 0 Å². The summed E-state index contributed by atoms with van der Waals surface area (Å²) in [5.74, 6) is -3.29. The fourth-order valence-electron chi connectivity index (χ4n) is 1.02. The molecule has 1 rings (SSSR count). The molecule has 0 fully saturated rings. The van der Waals surface area contributed by atoms with E-state index in [0.717, 1.165) is 0 Å². The number of nitrogens with zero attached hydrogens (tertiary/aromatic N) is 1. The van der Waals surface area contributed by atoms with Crippen molar-refractivity contribution in [1.29, 1.82) is 0 Å². The summed E-state index contributed by atoms with van der Waals surface area (Å²) in [4.78, 5) is 13.8. The molecule has 3 nitrogen and oxygen atoms in total. The molecule has 1 aromatic rings. The highest BCUT2D eigenvalue weighted by molar-refractivity contribution is 6.17. The number of hydrogen-bond acceptors (Lipinski definition) is 2. The first-order chi connectivity index (χ1) is 6.97. The van der Waals surface area contributed by atoms with Crippen molar-refractivity contribution in [3.8, 4) is 0 Å². The van der Waals surface area contributed by atoms with Gasteiger partial charge in [-0.3, -0.25) is 0 Å². The Morgan fingerprint density at radius 3 is 2.60 bits per heavy atom. The fraction of sp³-hybridized carbons (Fsp3) is 0.250. The van der Waals surface area contributed by atoms with Gasteiger partial charge in [0, 0.05) is 6.07 Å². The van der Waals surface area contributed by atoms with E-state index in [4.69, 9.17) is 16.7 Å². The van der Waals surface area contributed by atoms with Crippen LogP contribution in [0.3, 0.4) is 0 Å². The average molecular weight is 240 g/mol. The molecule has 0 saturated carbocycles. The number of hydrogen-bond donors (Lipinski definition) is 1. The van der Waals surface area contributed by atoms with E-state index < -0.39 is 41.0 Å². The van der Waals surface area contributed by atoms with E-state index in [0.29, 0.717) is 6.07 Å². The third-order valence-corrected chi connectivity index (χ3v) is 1.88. The Balaban J connectivity index is 3.37. The number of carboxylic acid groups (broad SMARTS) is 1. The molecule has 0 aliphatic carbocycles. The van der Waals surface area contributed by atoms with E-state index in [1.165, 1.54) is 0 Å². The van der Waals surface area contributed by atoms with Crippen LogP contribution in [-0.2, 0) is 5.88 Å². The van der Waals surface area contributed by atoms with E-state index in [9.17, 15) is 18.0 Å². The van der Waals surface area contributed by atoms with Gasteiger partial charge in [0.15, 0.2) is 0 Å². The standard InChI is InChI=1S/C8H5ClF3NO2/c9-2-5-6(8(14)15)3(10)1-4(13-5)7(11)12/h1,7H,2H2,(H,14,15). The molecule has 0 radical (unpaired) electrons. The van der Waals surface area contributed by atoms with Crippen LogP contribution in [0.5, 0.6) is 0 Å². The summed E-state index contributed by atoms with van der Waals surface area (Å²) >= 11 is 5.29. The molecule has 0 saturated heterocycles. The van der Waals surface area contributed by atoms with Crippen LogP contribution in [-0.4, -0.2) is 16.1 Å². The Hall–Kier alpha value is -1.30. The largest absolute Gasteiger partial charge is 0.478 e. The minimum atomic E-state index is -2.97. The fourth-order valence-corrected chi connectivity index (χ4v) is 1.21. The quantitative estimate of drug-likeness (QED) is 0.825. The number of aromatic nitrogens is 1. The molecule has 0 aliphatic heterocycles. The first-order valence-electron chi connectivity index (χ1n) is 3.74. The number of alkyl halides is 3. The minimum absolute atomic E-state index is 0.393. The molecule has 1 heterocycles. The number of aromatic carboxylic acids is 1. The van der Waals surface area contributed by atoms with Crippen LogP contribution < -0.4 is 0 Å². The van der Waals surface area contributed by atoms with E-state index >= 15 is 0 Å². The molecular weight excluding hydrogens is 235 g/mol. The Labute approximate surface area is 87.5 Å². The third-order valence-electron chi connectivity index (χ3n) is 1.63. The Morgan fingerprint density at radius 2 is 2.20 bits per heavy atom. The second-order valence-electron chi connectivity index (χ2n) is 2.59. The van der Waals surface area contributed by atoms with Crippen molar-refractivity contribution < 1.29 is 23.1 Å². The Kier molecular flexibility index (Phi) is 3.52. The van der Waals surface area contributed by atoms with Gasteiger partial charge in [-0.05, 0) is 0 Å². The van der Waals surface area contributed by atoms with Crippen molar-refractivity contribution in [3.63, 3.8) is 0 Å². The molecule has 15 heavy (non-hydrogen) atoms. The van der Waals surface area contributed by atoms with E-state index in [1.807, 2.05) is 0 Å². The number of carbonyl (C=O) groups is 1. The van der Waals surface area contributed by atoms with Crippen molar-refractivity contribution >= 4 is 17.6 Å². The maximum Gasteiger partial charge on any atom is 0.340 e. The van der Waals surface area contributed by atoms with Crippen molar-refractivity contribution in [2.45, 2.75) is 12.3 Å². The topological polar surface area (TPSA) is 50.2 Å². The second kappa shape index (κ2) is 4.48. The monoisotopic (exact) mass is 239 g/mol. The van der Waals surface area contributed by atoms with Crippen molar-refractivity contribution in [2.24, 2.45) is 0 Å². The van der Waals surface area contributed by atoms with Gasteiger partial charge in [0.1, 0.15) is 17.1 Å². The van der Waals surface area contributed by atoms with Crippen LogP contribution >= 0.6 is 11.6 Å². The van der Waals surface area contributed by atoms with Crippen LogP contribution in [0.2, 0.25) is 0 Å². The van der Waals surface area contributed by atoms with Gasteiger partial charge in [-0.25, -0.2) is 22.9 Å². The summed E-state index contributed by atoms with van der Waals surface area (Å²) in [5.41, 5.74) is -2.00. The summed E-state index contributed by atoms with van der Waals surface area (Å²) < 4.78 is 37.4. The lowest BCUT2D eigenvalue weighted by molar-refractivity contribution is 0.0689. The van der Waals surface area contributed by atoms with Gasteiger partial charge in [-0.1, -0.05) is 0 Å². The zero-order valence-corrected chi connectivity index (χ0v) is 7.93. The smallest absolute Gasteiger partial charge is 0.340 e. The molecule has 0 spiro atoms. The third kappa shape index (κ3) is 2.38. The van der Waals surface area contributed by atoms with Gasteiger partial charge in [0.25, 0.3) is 6.43 Å². The molecule has 1 N–H and O–H groups in total. The average Bonchev–Trinajstić information content (AvgIpc) is 2.15. The van der Waals surface area contributed by atoms with Gasteiger partial charge in [-0.15, -0.1) is 11.6 Å². The highest BCUT2D eigenvalue weighted by Crippen LogP contribution is 2.22. The van der Waals surface area contributed by atoms with Crippen LogP contribution in [0, 0.1) is 5.82 Å². The number of halogens is 4. The lowest BCUT2D eigenvalue weighted by Gasteiger charge is -2.06. The maximum absolute atomic E-state index is 13.1. The molecule has 0 aromatic carbocycles. The first-order valence-corrected chi connectivity index (χ1v) is 4.27. The molecule has 7 heteroatoms. The first kappa shape index (κ1) is 11.8. The van der Waals surface area contributed by atoms with Crippen LogP contribution in [0.1, 0.15) is 28.2 Å². The zero-order chi connectivity index (χ0) is 11.6. The highest BCUT2D eigenvalue weighted by atomic mass is 35.5. The van der Waals surface area contributed by atoms with Crippen LogP contribution in [0.4, 0.5) is 13.2 Å². The number of carboxylic acids is 1. The predicted octanol–water partition coefficient (Wildman–Crippen LogP) is 2.60. The molecule has 0 bridgehead atoms. The Morgan fingerprint density at radius 1 is 1.60 bits per heavy atom. The number of pyridine rings is 1. The van der Waals surface area contributed by atoms with Crippen LogP contribution in [0.15, 0.2) is 6.07 Å². The van der Waals surface area contributed by atoms with Gasteiger partial charge < -0.3 is 5.11 Å². The summed E-state index contributed by atoms with van der Waals surface area (Å²) in [6.07, 6.45) is -2.97. The summed E-state index contributed by atoms with van der Waals surface area (Å²) in [6, 6.07) is 0.393. The maximum atomic E-state index is 13.1. The van der Waals surface area contributed by atoms with Gasteiger partial charge in [-0.2, -0.15) is 0 Å². The van der Waals surface area contributed by atoms with Crippen molar-refractivity contribution in [2.75, 3.05) is 0 Å².